The molecule has 0 aliphatic carbocycles. The number of thiocarbonyl (C=S) groups is 1. The smallest absolute Gasteiger partial charge is 0.181 e. The lowest BCUT2D eigenvalue weighted by atomic mass is 10.2. The van der Waals surface area contributed by atoms with Crippen molar-refractivity contribution in [3.8, 4) is 0 Å². The van der Waals surface area contributed by atoms with Crippen molar-refractivity contribution in [2.24, 2.45) is 0 Å². The Balaban J connectivity index is 2.64. The van der Waals surface area contributed by atoms with Gasteiger partial charge < -0.3 is 4.74 Å². The second-order valence-corrected chi connectivity index (χ2v) is 2.23. The number of hydrogen-bond acceptors (Lipinski definition) is 3. The van der Waals surface area contributed by atoms with Gasteiger partial charge in [0.2, 0.25) is 0 Å². The summed E-state index contributed by atoms with van der Waals surface area (Å²) in [6.45, 7) is 1.71. The summed E-state index contributed by atoms with van der Waals surface area (Å²) in [5.41, 5.74) is 0. The Hall–Kier alpha value is -0.440. The van der Waals surface area contributed by atoms with E-state index in [-0.39, 0.29) is 11.9 Å². The summed E-state index contributed by atoms with van der Waals surface area (Å²) < 4.78 is 4.86. The van der Waals surface area contributed by atoms with Crippen molar-refractivity contribution in [3.63, 3.8) is 0 Å². The van der Waals surface area contributed by atoms with Gasteiger partial charge in [-0.15, -0.1) is 0 Å². The van der Waals surface area contributed by atoms with Gasteiger partial charge in [0, 0.05) is 0 Å². The van der Waals surface area contributed by atoms with Crippen LogP contribution in [0, 0.1) is 0 Å². The van der Waals surface area contributed by atoms with E-state index in [1.807, 2.05) is 0 Å². The molecular formula is C5H6O2S. The summed E-state index contributed by atoms with van der Waals surface area (Å²) in [4.78, 5) is 10.6. The second kappa shape index (κ2) is 1.82. The second-order valence-electron chi connectivity index (χ2n) is 1.78. The Bertz CT molecular complexity index is 141. The molecule has 1 saturated heterocycles. The van der Waals surface area contributed by atoms with Gasteiger partial charge in [-0.1, -0.05) is 0 Å². The molecule has 0 radical (unpaired) electrons. The molecule has 0 aromatic heterocycles. The summed E-state index contributed by atoms with van der Waals surface area (Å²) in [5, 5.41) is 0.433. The number of Topliss-reactive ketones (excluding diaryl/α,β-unsaturated/α-hetero) is 1. The zero-order valence-electron chi connectivity index (χ0n) is 4.51. The number of hydrogen-bond donors (Lipinski definition) is 0. The van der Waals surface area contributed by atoms with Crippen LogP contribution in [0.4, 0.5) is 0 Å². The van der Waals surface area contributed by atoms with Crippen molar-refractivity contribution in [2.45, 2.75) is 19.4 Å². The molecule has 1 fully saturated rings. The van der Waals surface area contributed by atoms with Crippen molar-refractivity contribution in [3.05, 3.63) is 0 Å². The first-order valence-corrected chi connectivity index (χ1v) is 2.83. The van der Waals surface area contributed by atoms with Crippen molar-refractivity contribution in [1.29, 1.82) is 0 Å². The Morgan fingerprint density at radius 2 is 2.50 bits per heavy atom. The molecule has 3 heteroatoms. The number of carbonyl (C=O) groups is 1. The third-order valence-electron chi connectivity index (χ3n) is 1.08. The van der Waals surface area contributed by atoms with Gasteiger partial charge in [0.15, 0.2) is 16.9 Å². The van der Waals surface area contributed by atoms with Gasteiger partial charge in [-0.2, -0.15) is 0 Å². The fourth-order valence-corrected chi connectivity index (χ4v) is 0.877. The highest BCUT2D eigenvalue weighted by Gasteiger charge is 2.24. The molecule has 2 nitrogen and oxygen atoms in total. The van der Waals surface area contributed by atoms with E-state index in [1.54, 1.807) is 6.92 Å². The van der Waals surface area contributed by atoms with Crippen LogP contribution in [0.1, 0.15) is 13.3 Å². The minimum Gasteiger partial charge on any atom is -0.476 e. The molecule has 1 aliphatic heterocycles. The molecule has 0 saturated carbocycles. The Kier molecular flexibility index (Phi) is 1.29. The lowest BCUT2D eigenvalue weighted by molar-refractivity contribution is -0.121. The van der Waals surface area contributed by atoms with E-state index in [4.69, 9.17) is 4.74 Å². The van der Waals surface area contributed by atoms with E-state index in [1.165, 1.54) is 0 Å². The number of carbonyl (C=O) groups excluding carboxylic acids is 1. The van der Waals surface area contributed by atoms with E-state index >= 15 is 0 Å². The quantitative estimate of drug-likeness (QED) is 0.451. The number of ether oxygens (including phenoxy) is 1. The van der Waals surface area contributed by atoms with Crippen LogP contribution in [0.3, 0.4) is 0 Å². The molecule has 0 N–H and O–H groups in total. The highest BCUT2D eigenvalue weighted by atomic mass is 32.1. The Morgan fingerprint density at radius 1 is 1.88 bits per heavy atom. The van der Waals surface area contributed by atoms with Crippen LogP contribution in [0.5, 0.6) is 0 Å². The van der Waals surface area contributed by atoms with Crippen LogP contribution in [-0.2, 0) is 9.53 Å². The van der Waals surface area contributed by atoms with Crippen LogP contribution >= 0.6 is 12.2 Å². The highest BCUT2D eigenvalue weighted by molar-refractivity contribution is 7.80. The molecule has 8 heavy (non-hydrogen) atoms. The number of ketones is 1. The van der Waals surface area contributed by atoms with Gasteiger partial charge in [0.1, 0.15) is 0 Å². The summed E-state index contributed by atoms with van der Waals surface area (Å²) in [6.07, 6.45) is 0.0405. The monoisotopic (exact) mass is 130 g/mol. The SMILES string of the molecule is CC1OC(=S)CC1=O. The zero-order valence-corrected chi connectivity index (χ0v) is 5.33. The van der Waals surface area contributed by atoms with Crippen molar-refractivity contribution in [2.75, 3.05) is 0 Å². The van der Waals surface area contributed by atoms with Crippen molar-refractivity contribution >= 4 is 23.1 Å². The van der Waals surface area contributed by atoms with Crippen molar-refractivity contribution < 1.29 is 9.53 Å². The maximum Gasteiger partial charge on any atom is 0.181 e. The first kappa shape index (κ1) is 5.69. The standard InChI is InChI=1S/C5H6O2S/c1-3-4(6)2-5(8)7-3/h3H,2H2,1H3. The molecule has 44 valence electrons. The average Bonchev–Trinajstić information content (AvgIpc) is 1.85. The van der Waals surface area contributed by atoms with Crippen LogP contribution in [0.15, 0.2) is 0 Å². The minimum absolute atomic E-state index is 0.0926. The maximum absolute atomic E-state index is 10.6. The predicted octanol–water partition coefficient (Wildman–Crippen LogP) is 0.692. The Labute approximate surface area is 52.8 Å². The molecule has 0 bridgehead atoms. The van der Waals surface area contributed by atoms with Gasteiger partial charge in [0.25, 0.3) is 0 Å². The molecule has 0 amide bonds. The average molecular weight is 130 g/mol. The summed E-state index contributed by atoms with van der Waals surface area (Å²) >= 11 is 4.63. The molecule has 1 unspecified atom stereocenters. The molecule has 1 aliphatic rings. The Morgan fingerprint density at radius 3 is 2.62 bits per heavy atom. The van der Waals surface area contributed by atoms with Crippen molar-refractivity contribution in [1.82, 2.24) is 0 Å². The van der Waals surface area contributed by atoms with Gasteiger partial charge in [-0.25, -0.2) is 0 Å². The zero-order chi connectivity index (χ0) is 6.15. The topological polar surface area (TPSA) is 26.3 Å². The van der Waals surface area contributed by atoms with E-state index in [9.17, 15) is 4.79 Å². The maximum atomic E-state index is 10.6. The molecule has 1 heterocycles. The molecule has 1 atom stereocenters. The minimum atomic E-state index is -0.289. The summed E-state index contributed by atoms with van der Waals surface area (Å²) in [5.74, 6) is 0.0926. The summed E-state index contributed by atoms with van der Waals surface area (Å²) in [6, 6.07) is 0. The van der Waals surface area contributed by atoms with E-state index < -0.39 is 0 Å². The fourth-order valence-electron chi connectivity index (χ4n) is 0.591. The molecule has 0 aromatic carbocycles. The van der Waals surface area contributed by atoms with Crippen LogP contribution in [0.2, 0.25) is 0 Å². The normalized spacial score (nSPS) is 28.4. The number of rotatable bonds is 0. The predicted molar refractivity (Wildman–Crippen MR) is 32.8 cm³/mol. The fraction of sp³-hybridized carbons (Fsp3) is 0.600. The first-order chi connectivity index (χ1) is 3.70. The third kappa shape index (κ3) is 0.865. The molecular weight excluding hydrogens is 124 g/mol. The van der Waals surface area contributed by atoms with Crippen LogP contribution < -0.4 is 0 Å². The van der Waals surface area contributed by atoms with Crippen LogP contribution in [-0.4, -0.2) is 16.9 Å². The largest absolute Gasteiger partial charge is 0.476 e. The van der Waals surface area contributed by atoms with E-state index in [0.717, 1.165) is 0 Å². The van der Waals surface area contributed by atoms with Gasteiger partial charge >= 0.3 is 0 Å². The molecule has 0 aromatic rings. The lowest BCUT2D eigenvalue weighted by Gasteiger charge is -1.96. The van der Waals surface area contributed by atoms with Gasteiger partial charge in [-0.3, -0.25) is 4.79 Å². The highest BCUT2D eigenvalue weighted by Crippen LogP contribution is 2.09. The first-order valence-electron chi connectivity index (χ1n) is 2.42. The summed E-state index contributed by atoms with van der Waals surface area (Å²) in [7, 11) is 0. The van der Waals surface area contributed by atoms with Gasteiger partial charge in [0.05, 0.1) is 6.42 Å². The lowest BCUT2D eigenvalue weighted by Crippen LogP contribution is -2.08. The third-order valence-corrected chi connectivity index (χ3v) is 1.32. The van der Waals surface area contributed by atoms with Gasteiger partial charge in [-0.05, 0) is 19.1 Å². The van der Waals surface area contributed by atoms with E-state index in [2.05, 4.69) is 12.2 Å². The van der Waals surface area contributed by atoms with E-state index in [0.29, 0.717) is 11.5 Å². The van der Waals surface area contributed by atoms with Crippen LogP contribution in [0.25, 0.3) is 0 Å². The molecule has 1 rings (SSSR count). The molecule has 0 spiro atoms.